The van der Waals surface area contributed by atoms with Crippen molar-refractivity contribution in [3.05, 3.63) is 52.2 Å². The first-order chi connectivity index (χ1) is 14.1. The zero-order valence-electron chi connectivity index (χ0n) is 17.3. The number of thiophene rings is 1. The second-order valence-electron chi connectivity index (χ2n) is 8.17. The summed E-state index contributed by atoms with van der Waals surface area (Å²) < 4.78 is 11.7. The van der Waals surface area contributed by atoms with Crippen LogP contribution in [0.5, 0.6) is 5.75 Å². The molecule has 1 aromatic carbocycles. The highest BCUT2D eigenvalue weighted by molar-refractivity contribution is 7.09. The molecule has 5 nitrogen and oxygen atoms in total. The van der Waals surface area contributed by atoms with Crippen LogP contribution in [-0.4, -0.2) is 60.1 Å². The Bertz CT molecular complexity index is 800. The zero-order chi connectivity index (χ0) is 20.2. The fourth-order valence-corrected chi connectivity index (χ4v) is 5.07. The van der Waals surface area contributed by atoms with Gasteiger partial charge in [-0.05, 0) is 56.3 Å². The van der Waals surface area contributed by atoms with Crippen LogP contribution in [0.2, 0.25) is 0 Å². The summed E-state index contributed by atoms with van der Waals surface area (Å²) >= 11 is 1.68. The Hall–Kier alpha value is -1.89. The monoisotopic (exact) mass is 414 g/mol. The van der Waals surface area contributed by atoms with Gasteiger partial charge in [-0.1, -0.05) is 12.1 Å². The molecule has 2 aromatic rings. The van der Waals surface area contributed by atoms with Gasteiger partial charge in [-0.2, -0.15) is 0 Å². The maximum Gasteiger partial charge on any atom is 0.254 e. The number of ether oxygens (including phenoxy) is 2. The van der Waals surface area contributed by atoms with Crippen LogP contribution in [0.25, 0.3) is 0 Å². The number of morpholine rings is 1. The fourth-order valence-electron chi connectivity index (χ4n) is 4.46. The molecule has 3 heterocycles. The predicted octanol–water partition coefficient (Wildman–Crippen LogP) is 4.04. The average Bonchev–Trinajstić information content (AvgIpc) is 3.37. The number of rotatable bonds is 6. The fraction of sp³-hybridized carbons (Fsp3) is 0.522. The molecule has 2 saturated heterocycles. The Morgan fingerprint density at radius 2 is 2.03 bits per heavy atom. The van der Waals surface area contributed by atoms with E-state index >= 15 is 0 Å². The molecule has 2 fully saturated rings. The van der Waals surface area contributed by atoms with Crippen LogP contribution in [0.1, 0.15) is 41.9 Å². The summed E-state index contributed by atoms with van der Waals surface area (Å²) in [6.07, 6.45) is 2.64. The maximum atomic E-state index is 13.2. The Balaban J connectivity index is 1.39. The normalized spacial score (nSPS) is 25.3. The molecule has 0 saturated carbocycles. The highest BCUT2D eigenvalue weighted by Gasteiger charge is 2.33. The molecule has 3 atom stereocenters. The van der Waals surface area contributed by atoms with E-state index in [4.69, 9.17) is 9.47 Å². The Labute approximate surface area is 177 Å². The summed E-state index contributed by atoms with van der Waals surface area (Å²) in [5.74, 6) is 0.860. The van der Waals surface area contributed by atoms with Gasteiger partial charge in [0.1, 0.15) is 12.4 Å². The zero-order valence-corrected chi connectivity index (χ0v) is 18.1. The molecule has 0 spiro atoms. The van der Waals surface area contributed by atoms with E-state index in [-0.39, 0.29) is 24.2 Å². The lowest BCUT2D eigenvalue weighted by molar-refractivity contribution is -0.0715. The molecular weight excluding hydrogens is 384 g/mol. The van der Waals surface area contributed by atoms with Gasteiger partial charge in [0.2, 0.25) is 0 Å². The number of benzene rings is 1. The van der Waals surface area contributed by atoms with Crippen LogP contribution in [0.15, 0.2) is 41.8 Å². The van der Waals surface area contributed by atoms with Crippen molar-refractivity contribution < 1.29 is 14.3 Å². The van der Waals surface area contributed by atoms with Crippen molar-refractivity contribution in [2.75, 3.05) is 26.2 Å². The van der Waals surface area contributed by atoms with E-state index in [9.17, 15) is 4.79 Å². The topological polar surface area (TPSA) is 42.0 Å². The van der Waals surface area contributed by atoms with E-state index in [2.05, 4.69) is 29.7 Å². The highest BCUT2D eigenvalue weighted by Crippen LogP contribution is 2.24. The minimum absolute atomic E-state index is 0.114. The molecule has 0 radical (unpaired) electrons. The summed E-state index contributed by atoms with van der Waals surface area (Å²) in [5.41, 5.74) is 0.712. The van der Waals surface area contributed by atoms with E-state index in [0.29, 0.717) is 12.2 Å². The largest absolute Gasteiger partial charge is 0.488 e. The first-order valence-corrected chi connectivity index (χ1v) is 11.4. The van der Waals surface area contributed by atoms with Gasteiger partial charge >= 0.3 is 0 Å². The summed E-state index contributed by atoms with van der Waals surface area (Å²) in [6.45, 7) is 8.43. The van der Waals surface area contributed by atoms with Gasteiger partial charge < -0.3 is 14.4 Å². The third kappa shape index (κ3) is 5.18. The molecule has 1 amide bonds. The van der Waals surface area contributed by atoms with Crippen LogP contribution < -0.4 is 4.74 Å². The molecule has 156 valence electrons. The highest BCUT2D eigenvalue weighted by atomic mass is 32.1. The minimum Gasteiger partial charge on any atom is -0.488 e. The second kappa shape index (κ2) is 9.28. The van der Waals surface area contributed by atoms with Gasteiger partial charge in [0.25, 0.3) is 5.91 Å². The predicted molar refractivity (Wildman–Crippen MR) is 116 cm³/mol. The Kier molecular flexibility index (Phi) is 6.53. The summed E-state index contributed by atoms with van der Waals surface area (Å²) in [4.78, 5) is 18.9. The lowest BCUT2D eigenvalue weighted by Gasteiger charge is -2.38. The van der Waals surface area contributed by atoms with Gasteiger partial charge in [-0.15, -0.1) is 11.3 Å². The van der Waals surface area contributed by atoms with Crippen LogP contribution in [0, 0.1) is 0 Å². The SMILES string of the molecule is CC1CN(CC2CCCN2C(=O)c2cccc(OCc3cccs3)c2)CC(C)O1. The van der Waals surface area contributed by atoms with E-state index < -0.39 is 0 Å². The van der Waals surface area contributed by atoms with Crippen molar-refractivity contribution >= 4 is 17.2 Å². The van der Waals surface area contributed by atoms with Gasteiger partial charge in [-0.3, -0.25) is 9.69 Å². The van der Waals surface area contributed by atoms with Gasteiger partial charge in [0.05, 0.1) is 12.2 Å². The molecule has 4 rings (SSSR count). The number of carbonyl (C=O) groups excluding carboxylic acids is 1. The quantitative estimate of drug-likeness (QED) is 0.715. The molecule has 0 aliphatic carbocycles. The smallest absolute Gasteiger partial charge is 0.254 e. The van der Waals surface area contributed by atoms with E-state index in [1.165, 1.54) is 4.88 Å². The molecule has 0 N–H and O–H groups in total. The van der Waals surface area contributed by atoms with Gasteiger partial charge in [0.15, 0.2) is 0 Å². The van der Waals surface area contributed by atoms with Gasteiger partial charge in [0, 0.05) is 42.7 Å². The third-order valence-electron chi connectivity index (χ3n) is 5.64. The Morgan fingerprint density at radius 3 is 2.79 bits per heavy atom. The van der Waals surface area contributed by atoms with Crippen molar-refractivity contribution in [3.63, 3.8) is 0 Å². The first-order valence-electron chi connectivity index (χ1n) is 10.5. The standard InChI is InChI=1S/C23H30N2O3S/c1-17-13-24(14-18(2)28-17)15-20-7-4-10-25(20)23(26)19-6-3-8-21(12-19)27-16-22-9-5-11-29-22/h3,5-6,8-9,11-12,17-18,20H,4,7,10,13-16H2,1-2H3. The number of amides is 1. The number of hydrogen-bond donors (Lipinski definition) is 0. The lowest BCUT2D eigenvalue weighted by Crippen LogP contribution is -2.50. The Morgan fingerprint density at radius 1 is 1.21 bits per heavy atom. The van der Waals surface area contributed by atoms with Crippen LogP contribution in [-0.2, 0) is 11.3 Å². The number of nitrogens with zero attached hydrogens (tertiary/aromatic N) is 2. The van der Waals surface area contributed by atoms with Crippen molar-refractivity contribution in [2.45, 2.75) is 51.5 Å². The van der Waals surface area contributed by atoms with Crippen molar-refractivity contribution in [3.8, 4) is 5.75 Å². The molecule has 6 heteroatoms. The van der Waals surface area contributed by atoms with Crippen LogP contribution in [0.4, 0.5) is 0 Å². The minimum atomic E-state index is 0.114. The molecule has 0 bridgehead atoms. The number of likely N-dealkylation sites (tertiary alicyclic amines) is 1. The second-order valence-corrected chi connectivity index (χ2v) is 9.20. The van der Waals surface area contributed by atoms with Crippen LogP contribution >= 0.6 is 11.3 Å². The van der Waals surface area contributed by atoms with E-state index in [1.54, 1.807) is 11.3 Å². The summed E-state index contributed by atoms with van der Waals surface area (Å²) in [6, 6.07) is 12.0. The molecule has 3 unspecified atom stereocenters. The number of carbonyl (C=O) groups is 1. The van der Waals surface area contributed by atoms with Crippen LogP contribution in [0.3, 0.4) is 0 Å². The lowest BCUT2D eigenvalue weighted by atomic mass is 10.1. The van der Waals surface area contributed by atoms with Crippen molar-refractivity contribution in [2.24, 2.45) is 0 Å². The molecule has 2 aliphatic heterocycles. The first kappa shape index (κ1) is 20.4. The van der Waals surface area contributed by atoms with E-state index in [1.807, 2.05) is 35.7 Å². The molecule has 1 aromatic heterocycles. The average molecular weight is 415 g/mol. The van der Waals surface area contributed by atoms with Crippen molar-refractivity contribution in [1.29, 1.82) is 0 Å². The molecule has 2 aliphatic rings. The molecule has 29 heavy (non-hydrogen) atoms. The number of hydrogen-bond acceptors (Lipinski definition) is 5. The maximum absolute atomic E-state index is 13.2. The third-order valence-corrected chi connectivity index (χ3v) is 6.49. The van der Waals surface area contributed by atoms with E-state index in [0.717, 1.165) is 44.8 Å². The molecular formula is C23H30N2O3S. The summed E-state index contributed by atoms with van der Waals surface area (Å²) in [5, 5.41) is 2.04. The summed E-state index contributed by atoms with van der Waals surface area (Å²) in [7, 11) is 0. The van der Waals surface area contributed by atoms with Crippen molar-refractivity contribution in [1.82, 2.24) is 9.80 Å². The van der Waals surface area contributed by atoms with Gasteiger partial charge in [-0.25, -0.2) is 0 Å².